The third kappa shape index (κ3) is 3.53. The maximum absolute atomic E-state index is 14.4. The van der Waals surface area contributed by atoms with Gasteiger partial charge in [0.05, 0.1) is 34.2 Å². The van der Waals surface area contributed by atoms with E-state index in [0.29, 0.717) is 35.1 Å². The molecule has 10 heteroatoms. The highest BCUT2D eigenvalue weighted by molar-refractivity contribution is 7.15. The Kier molecular flexibility index (Phi) is 4.69. The summed E-state index contributed by atoms with van der Waals surface area (Å²) in [7, 11) is 0. The number of thiazole rings is 1. The molecule has 0 fully saturated rings. The summed E-state index contributed by atoms with van der Waals surface area (Å²) in [6, 6.07) is 10.8. The van der Waals surface area contributed by atoms with E-state index in [1.807, 2.05) is 31.2 Å². The predicted molar refractivity (Wildman–Crippen MR) is 115 cm³/mol. The number of pyridine rings is 1. The lowest BCUT2D eigenvalue weighted by Crippen LogP contribution is -2.19. The summed E-state index contributed by atoms with van der Waals surface area (Å²) in [6.07, 6.45) is 3.37. The number of hydrogen-bond acceptors (Lipinski definition) is 9. The number of anilines is 3. The van der Waals surface area contributed by atoms with Gasteiger partial charge in [-0.3, -0.25) is 5.43 Å². The van der Waals surface area contributed by atoms with E-state index in [9.17, 15) is 4.39 Å². The second kappa shape index (κ2) is 7.65. The fourth-order valence-corrected chi connectivity index (χ4v) is 4.15. The molecule has 0 aliphatic carbocycles. The van der Waals surface area contributed by atoms with Crippen molar-refractivity contribution in [2.75, 3.05) is 16.2 Å². The number of benzene rings is 1. The fraction of sp³-hybridized carbons (Fsp3) is 0.100. The highest BCUT2D eigenvalue weighted by Crippen LogP contribution is 2.34. The van der Waals surface area contributed by atoms with Crippen molar-refractivity contribution < 1.29 is 4.39 Å². The van der Waals surface area contributed by atoms with Gasteiger partial charge < -0.3 is 10.7 Å². The summed E-state index contributed by atoms with van der Waals surface area (Å²) in [5, 5.41) is 4.07. The number of aryl methyl sites for hydroxylation is 1. The van der Waals surface area contributed by atoms with Gasteiger partial charge in [-0.25, -0.2) is 24.3 Å². The third-order valence-electron chi connectivity index (χ3n) is 4.56. The van der Waals surface area contributed by atoms with Gasteiger partial charge in [0.15, 0.2) is 5.82 Å². The molecule has 1 aliphatic rings. The molecule has 5 rings (SSSR count). The maximum atomic E-state index is 14.4. The first kappa shape index (κ1) is 18.4. The Hall–Kier alpha value is -3.63. The molecule has 4 N–H and O–H groups in total. The second-order valence-corrected chi connectivity index (χ2v) is 7.70. The van der Waals surface area contributed by atoms with Crippen LogP contribution in [0.15, 0.2) is 48.8 Å². The molecule has 1 aromatic carbocycles. The van der Waals surface area contributed by atoms with Crippen LogP contribution in [-0.4, -0.2) is 19.9 Å². The standard InChI is InChI=1S/C20H17FN8S/c1-11-19(30-17(25-11)10-24-20-22-6-3-7-23-20)15-5-2-4-14(26-15)12-8-13(21)18-16(9-12)27-29-28-18/h2-9,27-29H,10H2,1H3,(H,22,23,24). The number of fused-ring (bicyclic) bond motifs is 1. The van der Waals surface area contributed by atoms with E-state index in [1.54, 1.807) is 29.8 Å². The van der Waals surface area contributed by atoms with Crippen LogP contribution in [0.5, 0.6) is 0 Å². The normalized spacial score (nSPS) is 12.2. The lowest BCUT2D eigenvalue weighted by molar-refractivity contribution is 0.632. The Morgan fingerprint density at radius 1 is 1.03 bits per heavy atom. The SMILES string of the molecule is Cc1nc(CNc2ncccn2)sc1-c1cccc(-c2cc(F)c3c(c2)NNN3)n1. The van der Waals surface area contributed by atoms with Crippen molar-refractivity contribution in [3.63, 3.8) is 0 Å². The summed E-state index contributed by atoms with van der Waals surface area (Å²) in [5.74, 6) is 0.209. The minimum atomic E-state index is -0.349. The molecule has 0 amide bonds. The Labute approximate surface area is 175 Å². The summed E-state index contributed by atoms with van der Waals surface area (Å²) in [5.41, 5.74) is 12.4. The summed E-state index contributed by atoms with van der Waals surface area (Å²) in [4.78, 5) is 18.7. The molecule has 8 nitrogen and oxygen atoms in total. The fourth-order valence-electron chi connectivity index (χ4n) is 3.17. The molecule has 0 radical (unpaired) electrons. The number of nitrogens with zero attached hydrogens (tertiary/aromatic N) is 4. The van der Waals surface area contributed by atoms with Crippen molar-refractivity contribution in [1.82, 2.24) is 25.5 Å². The monoisotopic (exact) mass is 420 g/mol. The highest BCUT2D eigenvalue weighted by Gasteiger charge is 2.17. The van der Waals surface area contributed by atoms with Crippen molar-refractivity contribution in [1.29, 1.82) is 0 Å². The number of hydrazine groups is 2. The van der Waals surface area contributed by atoms with Crippen LogP contribution in [0, 0.1) is 12.7 Å². The number of nitrogens with one attached hydrogen (secondary N) is 4. The van der Waals surface area contributed by atoms with Gasteiger partial charge in [-0.1, -0.05) is 6.07 Å². The topological polar surface area (TPSA) is 99.7 Å². The molecule has 3 aromatic heterocycles. The number of aromatic nitrogens is 4. The van der Waals surface area contributed by atoms with Crippen LogP contribution in [0.1, 0.15) is 10.7 Å². The van der Waals surface area contributed by atoms with Crippen LogP contribution in [0.2, 0.25) is 0 Å². The molecule has 0 saturated heterocycles. The maximum Gasteiger partial charge on any atom is 0.222 e. The van der Waals surface area contributed by atoms with E-state index in [4.69, 9.17) is 4.98 Å². The summed E-state index contributed by atoms with van der Waals surface area (Å²) >= 11 is 1.56. The predicted octanol–water partition coefficient (Wildman–Crippen LogP) is 3.98. The largest absolute Gasteiger partial charge is 0.348 e. The van der Waals surface area contributed by atoms with Gasteiger partial charge in [-0.2, -0.15) is 0 Å². The number of hydrogen-bond donors (Lipinski definition) is 4. The highest BCUT2D eigenvalue weighted by atomic mass is 32.1. The van der Waals surface area contributed by atoms with Crippen LogP contribution in [-0.2, 0) is 6.54 Å². The van der Waals surface area contributed by atoms with Crippen LogP contribution in [0.4, 0.5) is 21.7 Å². The van der Waals surface area contributed by atoms with Gasteiger partial charge in [-0.15, -0.1) is 16.9 Å². The average molecular weight is 420 g/mol. The summed E-state index contributed by atoms with van der Waals surface area (Å²) < 4.78 is 14.4. The number of halogens is 1. The van der Waals surface area contributed by atoms with Crippen molar-refractivity contribution in [3.8, 4) is 21.8 Å². The van der Waals surface area contributed by atoms with E-state index in [0.717, 1.165) is 21.3 Å². The van der Waals surface area contributed by atoms with Crippen molar-refractivity contribution in [2.45, 2.75) is 13.5 Å². The zero-order chi connectivity index (χ0) is 20.5. The van der Waals surface area contributed by atoms with E-state index in [1.165, 1.54) is 6.07 Å². The molecule has 0 bridgehead atoms. The molecule has 150 valence electrons. The first-order valence-electron chi connectivity index (χ1n) is 9.23. The van der Waals surface area contributed by atoms with E-state index in [2.05, 4.69) is 36.7 Å². The lowest BCUT2D eigenvalue weighted by Gasteiger charge is -2.07. The number of rotatable bonds is 5. The first-order chi connectivity index (χ1) is 14.7. The van der Waals surface area contributed by atoms with Crippen molar-refractivity contribution in [2.24, 2.45) is 0 Å². The third-order valence-corrected chi connectivity index (χ3v) is 5.74. The molecule has 0 spiro atoms. The Balaban J connectivity index is 1.42. The molecule has 30 heavy (non-hydrogen) atoms. The lowest BCUT2D eigenvalue weighted by atomic mass is 10.1. The second-order valence-electron chi connectivity index (χ2n) is 6.61. The molecule has 0 saturated carbocycles. The van der Waals surface area contributed by atoms with Crippen LogP contribution >= 0.6 is 11.3 Å². The van der Waals surface area contributed by atoms with Gasteiger partial charge in [-0.05, 0) is 37.3 Å². The van der Waals surface area contributed by atoms with Crippen LogP contribution in [0.25, 0.3) is 21.8 Å². The van der Waals surface area contributed by atoms with Gasteiger partial charge in [0.1, 0.15) is 10.7 Å². The zero-order valence-electron chi connectivity index (χ0n) is 15.9. The average Bonchev–Trinajstić information content (AvgIpc) is 3.40. The molecule has 0 atom stereocenters. The zero-order valence-corrected chi connectivity index (χ0v) is 16.7. The van der Waals surface area contributed by atoms with Gasteiger partial charge >= 0.3 is 0 Å². The summed E-state index contributed by atoms with van der Waals surface area (Å²) in [6.45, 7) is 2.48. The Bertz CT molecular complexity index is 1210. The smallest absolute Gasteiger partial charge is 0.222 e. The Morgan fingerprint density at radius 2 is 1.87 bits per heavy atom. The van der Waals surface area contributed by atoms with Crippen molar-refractivity contribution in [3.05, 3.63) is 65.3 Å². The van der Waals surface area contributed by atoms with Crippen LogP contribution in [0.3, 0.4) is 0 Å². The van der Waals surface area contributed by atoms with Gasteiger partial charge in [0, 0.05) is 18.0 Å². The van der Waals surface area contributed by atoms with Gasteiger partial charge in [0.2, 0.25) is 5.95 Å². The minimum Gasteiger partial charge on any atom is -0.348 e. The first-order valence-corrected chi connectivity index (χ1v) is 10.0. The van der Waals surface area contributed by atoms with Crippen molar-refractivity contribution >= 4 is 28.7 Å². The molecule has 1 aliphatic heterocycles. The Morgan fingerprint density at radius 3 is 2.73 bits per heavy atom. The van der Waals surface area contributed by atoms with E-state index < -0.39 is 0 Å². The molecular weight excluding hydrogens is 403 g/mol. The van der Waals surface area contributed by atoms with E-state index in [-0.39, 0.29) is 5.82 Å². The van der Waals surface area contributed by atoms with Gasteiger partial charge in [0.25, 0.3) is 0 Å². The quantitative estimate of drug-likeness (QED) is 0.385. The molecule has 4 heterocycles. The minimum absolute atomic E-state index is 0.349. The van der Waals surface area contributed by atoms with Crippen LogP contribution < -0.4 is 21.7 Å². The molecule has 0 unspecified atom stereocenters. The van der Waals surface area contributed by atoms with E-state index >= 15 is 0 Å². The molecular formula is C20H17FN8S. The molecule has 4 aromatic rings.